The highest BCUT2D eigenvalue weighted by molar-refractivity contribution is 5.82. The number of aromatic nitrogens is 2. The standard InChI is InChI=1S/C11H16N4O4/c1-5(12)8-9(17)6(4-16)19-10(8)15-3-2-7(13)14-11(15)18/h2-3,6,8-10,12,16-17H,4H2,1H3,(H2,13,14,18)/t6-,8+,9-,10-/m1/s1. The molecule has 0 unspecified atom stereocenters. The molecule has 1 aromatic heterocycles. The van der Waals surface area contributed by atoms with Crippen LogP contribution in [0.25, 0.3) is 0 Å². The molecule has 0 radical (unpaired) electrons. The molecule has 1 aliphatic heterocycles. The Kier molecular flexibility index (Phi) is 3.65. The topological polar surface area (TPSA) is 134 Å². The maximum atomic E-state index is 11.8. The van der Waals surface area contributed by atoms with Crippen LogP contribution in [0.15, 0.2) is 17.1 Å². The van der Waals surface area contributed by atoms with Crippen LogP contribution in [-0.2, 0) is 4.74 Å². The first-order valence-corrected chi connectivity index (χ1v) is 5.79. The number of aliphatic hydroxyl groups is 2. The largest absolute Gasteiger partial charge is 0.394 e. The second-order valence-corrected chi connectivity index (χ2v) is 4.49. The number of anilines is 1. The molecule has 104 valence electrons. The molecule has 0 aromatic carbocycles. The number of rotatable bonds is 3. The third kappa shape index (κ3) is 2.37. The summed E-state index contributed by atoms with van der Waals surface area (Å²) >= 11 is 0. The molecule has 0 amide bonds. The van der Waals surface area contributed by atoms with E-state index in [-0.39, 0.29) is 11.5 Å². The van der Waals surface area contributed by atoms with E-state index in [1.165, 1.54) is 19.2 Å². The molecule has 1 aromatic rings. The Balaban J connectivity index is 2.42. The summed E-state index contributed by atoms with van der Waals surface area (Å²) in [6, 6.07) is 1.43. The number of nitrogens with one attached hydrogen (secondary N) is 1. The van der Waals surface area contributed by atoms with Gasteiger partial charge in [0.25, 0.3) is 0 Å². The fraction of sp³-hybridized carbons (Fsp3) is 0.545. The lowest BCUT2D eigenvalue weighted by Crippen LogP contribution is -2.35. The third-order valence-electron chi connectivity index (χ3n) is 3.18. The SMILES string of the molecule is CC(=N)[C@H]1[C@H](O)[C@@H](CO)O[C@H]1n1ccc(N)nc1=O. The van der Waals surface area contributed by atoms with E-state index in [1.807, 2.05) is 0 Å². The van der Waals surface area contributed by atoms with Gasteiger partial charge >= 0.3 is 5.69 Å². The van der Waals surface area contributed by atoms with E-state index in [4.69, 9.17) is 21.0 Å². The first-order valence-electron chi connectivity index (χ1n) is 5.79. The summed E-state index contributed by atoms with van der Waals surface area (Å²) in [6.45, 7) is 1.12. The number of aliphatic hydroxyl groups excluding tert-OH is 2. The Morgan fingerprint density at radius 2 is 2.37 bits per heavy atom. The zero-order valence-corrected chi connectivity index (χ0v) is 10.4. The molecular formula is C11H16N4O4. The van der Waals surface area contributed by atoms with E-state index < -0.39 is 36.7 Å². The minimum absolute atomic E-state index is 0.0848. The smallest absolute Gasteiger partial charge is 0.351 e. The minimum Gasteiger partial charge on any atom is -0.394 e. The van der Waals surface area contributed by atoms with Gasteiger partial charge in [0.2, 0.25) is 0 Å². The molecule has 2 rings (SSSR count). The van der Waals surface area contributed by atoms with Crippen LogP contribution in [-0.4, -0.2) is 44.3 Å². The van der Waals surface area contributed by atoms with Crippen LogP contribution >= 0.6 is 0 Å². The number of nitrogen functional groups attached to an aromatic ring is 1. The van der Waals surface area contributed by atoms with Gasteiger partial charge in [0.1, 0.15) is 18.1 Å². The Hall–Kier alpha value is -1.77. The number of nitrogens with zero attached hydrogens (tertiary/aromatic N) is 2. The predicted molar refractivity (Wildman–Crippen MR) is 66.8 cm³/mol. The fourth-order valence-electron chi connectivity index (χ4n) is 2.22. The van der Waals surface area contributed by atoms with Crippen molar-refractivity contribution in [3.8, 4) is 0 Å². The highest BCUT2D eigenvalue weighted by Gasteiger charge is 2.45. The molecule has 1 saturated heterocycles. The van der Waals surface area contributed by atoms with Crippen LogP contribution in [0.5, 0.6) is 0 Å². The Bertz CT molecular complexity index is 544. The second kappa shape index (κ2) is 5.08. The molecule has 4 atom stereocenters. The summed E-state index contributed by atoms with van der Waals surface area (Å²) in [5.74, 6) is -0.623. The van der Waals surface area contributed by atoms with Gasteiger partial charge in [-0.15, -0.1) is 0 Å². The number of ether oxygens (including phenoxy) is 1. The maximum Gasteiger partial charge on any atom is 0.351 e. The molecule has 1 aliphatic rings. The van der Waals surface area contributed by atoms with E-state index in [2.05, 4.69) is 4.98 Å². The number of hydrogen-bond donors (Lipinski definition) is 4. The van der Waals surface area contributed by atoms with Gasteiger partial charge in [0.05, 0.1) is 18.6 Å². The monoisotopic (exact) mass is 268 g/mol. The van der Waals surface area contributed by atoms with Crippen molar-refractivity contribution in [3.05, 3.63) is 22.7 Å². The van der Waals surface area contributed by atoms with Crippen LogP contribution in [0.1, 0.15) is 13.2 Å². The highest BCUT2D eigenvalue weighted by Crippen LogP contribution is 2.34. The zero-order chi connectivity index (χ0) is 14.2. The maximum absolute atomic E-state index is 11.8. The van der Waals surface area contributed by atoms with Crippen LogP contribution in [0.4, 0.5) is 5.82 Å². The quantitative estimate of drug-likeness (QED) is 0.505. The predicted octanol–water partition coefficient (Wildman–Crippen LogP) is -1.27. The first kappa shape index (κ1) is 13.7. The fourth-order valence-corrected chi connectivity index (χ4v) is 2.22. The number of nitrogens with two attached hydrogens (primary N) is 1. The molecule has 19 heavy (non-hydrogen) atoms. The van der Waals surface area contributed by atoms with Crippen molar-refractivity contribution in [2.45, 2.75) is 25.4 Å². The summed E-state index contributed by atoms with van der Waals surface area (Å²) < 4.78 is 6.61. The molecule has 5 N–H and O–H groups in total. The van der Waals surface area contributed by atoms with E-state index in [0.717, 1.165) is 4.57 Å². The van der Waals surface area contributed by atoms with Gasteiger partial charge in [0, 0.05) is 11.9 Å². The molecule has 0 spiro atoms. The Morgan fingerprint density at radius 1 is 1.68 bits per heavy atom. The van der Waals surface area contributed by atoms with Gasteiger partial charge in [-0.2, -0.15) is 4.98 Å². The zero-order valence-electron chi connectivity index (χ0n) is 10.4. The highest BCUT2D eigenvalue weighted by atomic mass is 16.5. The van der Waals surface area contributed by atoms with Crippen molar-refractivity contribution in [1.82, 2.24) is 9.55 Å². The normalized spacial score (nSPS) is 30.5. The van der Waals surface area contributed by atoms with E-state index in [9.17, 15) is 9.90 Å². The molecular weight excluding hydrogens is 252 g/mol. The van der Waals surface area contributed by atoms with Crippen molar-refractivity contribution >= 4 is 11.5 Å². The molecule has 0 saturated carbocycles. The summed E-state index contributed by atoms with van der Waals surface area (Å²) in [4.78, 5) is 15.4. The summed E-state index contributed by atoms with van der Waals surface area (Å²) in [6.07, 6.45) is -1.35. The van der Waals surface area contributed by atoms with Crippen LogP contribution in [0.3, 0.4) is 0 Å². The van der Waals surface area contributed by atoms with Crippen LogP contribution in [0, 0.1) is 11.3 Å². The lowest BCUT2D eigenvalue weighted by atomic mass is 9.95. The minimum atomic E-state index is -1.04. The van der Waals surface area contributed by atoms with E-state index >= 15 is 0 Å². The van der Waals surface area contributed by atoms with Crippen LogP contribution in [0.2, 0.25) is 0 Å². The Labute approximate surface area is 109 Å². The number of hydrogen-bond acceptors (Lipinski definition) is 7. The third-order valence-corrected chi connectivity index (χ3v) is 3.18. The molecule has 2 heterocycles. The van der Waals surface area contributed by atoms with Gasteiger partial charge in [0.15, 0.2) is 0 Å². The summed E-state index contributed by atoms with van der Waals surface area (Å²) in [5.41, 5.74) is 4.95. The van der Waals surface area contributed by atoms with Gasteiger partial charge in [-0.1, -0.05) is 0 Å². The lowest BCUT2D eigenvalue weighted by molar-refractivity contribution is -0.0467. The van der Waals surface area contributed by atoms with Crippen molar-refractivity contribution in [3.63, 3.8) is 0 Å². The lowest BCUT2D eigenvalue weighted by Gasteiger charge is -2.20. The molecule has 0 aliphatic carbocycles. The molecule has 1 fully saturated rings. The van der Waals surface area contributed by atoms with Crippen molar-refractivity contribution < 1.29 is 14.9 Å². The van der Waals surface area contributed by atoms with Crippen LogP contribution < -0.4 is 11.4 Å². The van der Waals surface area contributed by atoms with Gasteiger partial charge in [-0.3, -0.25) is 4.57 Å². The summed E-state index contributed by atoms with van der Waals surface area (Å²) in [7, 11) is 0. The van der Waals surface area contributed by atoms with E-state index in [0.29, 0.717) is 0 Å². The van der Waals surface area contributed by atoms with E-state index in [1.54, 1.807) is 0 Å². The molecule has 0 bridgehead atoms. The first-order chi connectivity index (χ1) is 8.95. The van der Waals surface area contributed by atoms with Crippen molar-refractivity contribution in [2.75, 3.05) is 12.3 Å². The van der Waals surface area contributed by atoms with Gasteiger partial charge < -0.3 is 26.1 Å². The molecule has 8 heteroatoms. The molecule has 8 nitrogen and oxygen atoms in total. The average molecular weight is 268 g/mol. The van der Waals surface area contributed by atoms with Gasteiger partial charge in [-0.05, 0) is 13.0 Å². The van der Waals surface area contributed by atoms with Gasteiger partial charge in [-0.25, -0.2) is 4.79 Å². The van der Waals surface area contributed by atoms with Crippen molar-refractivity contribution in [1.29, 1.82) is 5.41 Å². The second-order valence-electron chi connectivity index (χ2n) is 4.49. The summed E-state index contributed by atoms with van der Waals surface area (Å²) in [5, 5.41) is 26.8. The Morgan fingerprint density at radius 3 is 2.89 bits per heavy atom. The van der Waals surface area contributed by atoms with Crippen molar-refractivity contribution in [2.24, 2.45) is 5.92 Å². The average Bonchev–Trinajstić information content (AvgIpc) is 2.66.